The zero-order valence-electron chi connectivity index (χ0n) is 17.4. The highest BCUT2D eigenvalue weighted by molar-refractivity contribution is 5.79. The van der Waals surface area contributed by atoms with Crippen molar-refractivity contribution in [2.75, 3.05) is 19.7 Å². The Labute approximate surface area is 175 Å². The number of benzene rings is 1. The van der Waals surface area contributed by atoms with E-state index in [2.05, 4.69) is 33.5 Å². The summed E-state index contributed by atoms with van der Waals surface area (Å²) in [4.78, 5) is 17.6. The Kier molecular flexibility index (Phi) is 5.35. The van der Waals surface area contributed by atoms with Crippen molar-refractivity contribution in [2.45, 2.75) is 57.7 Å². The molecular weight excluding hydrogens is 380 g/mol. The van der Waals surface area contributed by atoms with E-state index in [4.69, 9.17) is 4.74 Å². The van der Waals surface area contributed by atoms with Crippen LogP contribution in [0.5, 0.6) is 0 Å². The van der Waals surface area contributed by atoms with E-state index in [1.54, 1.807) is 0 Å². The number of aromatic amines is 1. The molecule has 0 aliphatic carbocycles. The van der Waals surface area contributed by atoms with Gasteiger partial charge in [0.05, 0.1) is 31.3 Å². The van der Waals surface area contributed by atoms with Gasteiger partial charge in [-0.2, -0.15) is 0 Å². The van der Waals surface area contributed by atoms with E-state index in [0.717, 1.165) is 67.7 Å². The molecule has 0 unspecified atom stereocenters. The molecule has 2 N–H and O–H groups in total. The van der Waals surface area contributed by atoms with E-state index >= 15 is 0 Å². The van der Waals surface area contributed by atoms with Crippen molar-refractivity contribution in [2.24, 2.45) is 0 Å². The Morgan fingerprint density at radius 3 is 2.90 bits per heavy atom. The van der Waals surface area contributed by atoms with Crippen LogP contribution in [0, 0.1) is 6.92 Å². The summed E-state index contributed by atoms with van der Waals surface area (Å²) in [6, 6.07) is 7.97. The lowest BCUT2D eigenvalue weighted by atomic mass is 10.00. The molecule has 0 bridgehead atoms. The van der Waals surface area contributed by atoms with Crippen molar-refractivity contribution >= 4 is 10.9 Å². The lowest BCUT2D eigenvalue weighted by molar-refractivity contribution is -0.931. The number of hydrogen-bond acceptors (Lipinski definition) is 5. The van der Waals surface area contributed by atoms with Crippen molar-refractivity contribution in [1.29, 1.82) is 0 Å². The molecule has 30 heavy (non-hydrogen) atoms. The van der Waals surface area contributed by atoms with Gasteiger partial charge in [0, 0.05) is 12.1 Å². The summed E-state index contributed by atoms with van der Waals surface area (Å²) < 4.78 is 7.68. The van der Waals surface area contributed by atoms with Gasteiger partial charge >= 0.3 is 0 Å². The topological polar surface area (TPSA) is 90.1 Å². The molecule has 0 saturated carbocycles. The van der Waals surface area contributed by atoms with Gasteiger partial charge in [-0.3, -0.25) is 4.79 Å². The minimum Gasteiger partial charge on any atom is -0.376 e. The fourth-order valence-electron chi connectivity index (χ4n) is 4.92. The van der Waals surface area contributed by atoms with Gasteiger partial charge in [-0.15, -0.1) is 5.10 Å². The number of pyridine rings is 1. The van der Waals surface area contributed by atoms with Gasteiger partial charge in [0.25, 0.3) is 5.56 Å². The lowest BCUT2D eigenvalue weighted by Gasteiger charge is -2.30. The van der Waals surface area contributed by atoms with Crippen LogP contribution in [0.2, 0.25) is 0 Å². The van der Waals surface area contributed by atoms with Crippen LogP contribution in [0.3, 0.4) is 0 Å². The van der Waals surface area contributed by atoms with Gasteiger partial charge in [0.2, 0.25) is 5.82 Å². The van der Waals surface area contributed by atoms with E-state index in [1.165, 1.54) is 16.9 Å². The standard InChI is InChI=1S/C22H28N6O2/c1-15-7-8-19-16(12-15)13-18(22(29)23-19)20(27-9-3-2-4-10-27)21-24-25-26-28(21)14-17-6-5-11-30-17/h7-8,12-13,17,20H,2-6,9-11,14H2,1H3,(H,23,29)/p+1/t17-,20+/m1/s1. The van der Waals surface area contributed by atoms with Crippen LogP contribution in [-0.4, -0.2) is 51.0 Å². The first-order chi connectivity index (χ1) is 14.7. The molecule has 2 atom stereocenters. The van der Waals surface area contributed by atoms with Gasteiger partial charge in [-0.25, -0.2) is 4.68 Å². The van der Waals surface area contributed by atoms with Gasteiger partial charge in [0.1, 0.15) is 0 Å². The summed E-state index contributed by atoms with van der Waals surface area (Å²) in [5, 5.41) is 13.7. The fraction of sp³-hybridized carbons (Fsp3) is 0.545. The molecule has 8 heteroatoms. The lowest BCUT2D eigenvalue weighted by Crippen LogP contribution is -3.13. The minimum atomic E-state index is -0.185. The maximum Gasteiger partial charge on any atom is 0.258 e. The summed E-state index contributed by atoms with van der Waals surface area (Å²) >= 11 is 0. The molecule has 158 valence electrons. The first-order valence-corrected chi connectivity index (χ1v) is 11.0. The highest BCUT2D eigenvalue weighted by Gasteiger charge is 2.35. The quantitative estimate of drug-likeness (QED) is 0.660. The third-order valence-corrected chi connectivity index (χ3v) is 6.46. The summed E-state index contributed by atoms with van der Waals surface area (Å²) in [6.45, 7) is 5.54. The van der Waals surface area contributed by atoms with Crippen LogP contribution in [-0.2, 0) is 11.3 Å². The van der Waals surface area contributed by atoms with Crippen molar-refractivity contribution in [3.63, 3.8) is 0 Å². The molecular formula is C22H29N6O2+. The van der Waals surface area contributed by atoms with Crippen molar-refractivity contribution in [1.82, 2.24) is 25.2 Å². The molecule has 8 nitrogen and oxygen atoms in total. The molecule has 2 aromatic heterocycles. The van der Waals surface area contributed by atoms with Gasteiger partial charge in [0.15, 0.2) is 6.04 Å². The minimum absolute atomic E-state index is 0.0545. The third kappa shape index (κ3) is 3.77. The second kappa shape index (κ2) is 8.28. The molecule has 2 aliphatic heterocycles. The number of tetrazole rings is 1. The molecule has 2 fully saturated rings. The molecule has 3 aromatic rings. The highest BCUT2D eigenvalue weighted by atomic mass is 16.5. The molecule has 4 heterocycles. The SMILES string of the molecule is Cc1ccc2[nH]c(=O)c([C@@H](c3nnnn3C[C@H]3CCCO3)[NH+]3CCCCC3)cc2c1. The van der Waals surface area contributed by atoms with E-state index in [-0.39, 0.29) is 17.7 Å². The Morgan fingerprint density at radius 1 is 1.23 bits per heavy atom. The molecule has 0 radical (unpaired) electrons. The predicted octanol–water partition coefficient (Wildman–Crippen LogP) is 1.16. The average Bonchev–Trinajstić information content (AvgIpc) is 3.43. The fourth-order valence-corrected chi connectivity index (χ4v) is 4.92. The highest BCUT2D eigenvalue weighted by Crippen LogP contribution is 2.21. The number of piperidine rings is 1. The number of fused-ring (bicyclic) bond motifs is 1. The van der Waals surface area contributed by atoms with Crippen molar-refractivity contribution in [3.8, 4) is 0 Å². The van der Waals surface area contributed by atoms with Crippen molar-refractivity contribution < 1.29 is 9.64 Å². The zero-order valence-corrected chi connectivity index (χ0v) is 17.4. The molecule has 0 amide bonds. The van der Waals surface area contributed by atoms with Crippen molar-refractivity contribution in [3.05, 3.63) is 51.6 Å². The number of H-pyrrole nitrogens is 1. The maximum absolute atomic E-state index is 13.2. The molecule has 5 rings (SSSR count). The zero-order chi connectivity index (χ0) is 20.5. The smallest absolute Gasteiger partial charge is 0.258 e. The number of aryl methyl sites for hydroxylation is 1. The number of hydrogen-bond donors (Lipinski definition) is 2. The monoisotopic (exact) mass is 409 g/mol. The first-order valence-electron chi connectivity index (χ1n) is 11.0. The van der Waals surface area contributed by atoms with Crippen LogP contribution in [0.25, 0.3) is 10.9 Å². The number of ether oxygens (including phenoxy) is 1. The molecule has 2 saturated heterocycles. The number of rotatable bonds is 5. The van der Waals surface area contributed by atoms with E-state index < -0.39 is 0 Å². The summed E-state index contributed by atoms with van der Waals surface area (Å²) in [5.41, 5.74) is 2.72. The van der Waals surface area contributed by atoms with Gasteiger partial charge < -0.3 is 14.6 Å². The van der Waals surface area contributed by atoms with Crippen LogP contribution >= 0.6 is 0 Å². The molecule has 2 aliphatic rings. The average molecular weight is 410 g/mol. The predicted molar refractivity (Wildman–Crippen MR) is 112 cm³/mol. The van der Waals surface area contributed by atoms with Crippen LogP contribution < -0.4 is 10.5 Å². The maximum atomic E-state index is 13.2. The number of quaternary nitrogens is 1. The Balaban J connectivity index is 1.60. The number of nitrogens with one attached hydrogen (secondary N) is 2. The van der Waals surface area contributed by atoms with Crippen LogP contribution in [0.4, 0.5) is 0 Å². The van der Waals surface area contributed by atoms with Gasteiger partial charge in [-0.05, 0) is 73.0 Å². The number of aromatic nitrogens is 5. The van der Waals surface area contributed by atoms with E-state index in [9.17, 15) is 4.79 Å². The summed E-state index contributed by atoms with van der Waals surface area (Å²) in [5.74, 6) is 0.764. The third-order valence-electron chi connectivity index (χ3n) is 6.46. The Bertz CT molecular complexity index is 1080. The summed E-state index contributed by atoms with van der Waals surface area (Å²) in [7, 11) is 0. The van der Waals surface area contributed by atoms with Gasteiger partial charge in [-0.1, -0.05) is 11.6 Å². The first kappa shape index (κ1) is 19.4. The Hall–Kier alpha value is -2.58. The number of nitrogens with zero attached hydrogens (tertiary/aromatic N) is 4. The van der Waals surface area contributed by atoms with E-state index in [0.29, 0.717) is 6.54 Å². The summed E-state index contributed by atoms with van der Waals surface area (Å²) in [6.07, 6.45) is 5.79. The molecule has 0 spiro atoms. The molecule has 1 aromatic carbocycles. The number of likely N-dealkylation sites (tertiary alicyclic amines) is 1. The second-order valence-corrected chi connectivity index (χ2v) is 8.65. The van der Waals surface area contributed by atoms with E-state index in [1.807, 2.05) is 22.9 Å². The normalized spacial score (nSPS) is 21.3. The van der Waals surface area contributed by atoms with Crippen LogP contribution in [0.1, 0.15) is 55.1 Å². The largest absolute Gasteiger partial charge is 0.376 e. The second-order valence-electron chi connectivity index (χ2n) is 8.65. The Morgan fingerprint density at radius 2 is 2.10 bits per heavy atom. The van der Waals surface area contributed by atoms with Crippen LogP contribution in [0.15, 0.2) is 29.1 Å².